The second-order valence-electron chi connectivity index (χ2n) is 8.06. The number of methoxy groups -OCH3 is 2. The summed E-state index contributed by atoms with van der Waals surface area (Å²) in [7, 11) is 2.91. The van der Waals surface area contributed by atoms with Crippen molar-refractivity contribution < 1.29 is 19.0 Å². The Morgan fingerprint density at radius 3 is 2.50 bits per heavy atom. The van der Waals surface area contributed by atoms with Gasteiger partial charge in [0.25, 0.3) is 5.56 Å². The van der Waals surface area contributed by atoms with Crippen LogP contribution >= 0.6 is 11.3 Å². The lowest BCUT2D eigenvalue weighted by atomic mass is 9.96. The molecule has 4 rings (SSSR count). The minimum Gasteiger partial charge on any atom is -0.493 e. The number of carbonyl (C=O) groups excluding carboxylic acids is 1. The highest BCUT2D eigenvalue weighted by Crippen LogP contribution is 2.31. The number of thiazole rings is 1. The number of hydrogen-bond acceptors (Lipinski definition) is 7. The average Bonchev–Trinajstić information content (AvgIpc) is 3.13. The predicted octanol–water partition coefficient (Wildman–Crippen LogP) is 3.20. The van der Waals surface area contributed by atoms with E-state index >= 15 is 0 Å². The van der Waals surface area contributed by atoms with Crippen molar-refractivity contribution in [2.45, 2.75) is 32.9 Å². The highest BCUT2D eigenvalue weighted by molar-refractivity contribution is 7.07. The summed E-state index contributed by atoms with van der Waals surface area (Å²) in [6.45, 7) is 5.65. The van der Waals surface area contributed by atoms with Crippen LogP contribution in [0.2, 0.25) is 0 Å². The van der Waals surface area contributed by atoms with Crippen LogP contribution in [0.1, 0.15) is 37.9 Å². The third-order valence-electron chi connectivity index (χ3n) is 5.39. The topological polar surface area (TPSA) is 79.1 Å². The molecule has 1 aliphatic rings. The van der Waals surface area contributed by atoms with Gasteiger partial charge in [0, 0.05) is 0 Å². The van der Waals surface area contributed by atoms with Crippen molar-refractivity contribution in [3.05, 3.63) is 90.6 Å². The van der Waals surface area contributed by atoms with Gasteiger partial charge in [-0.15, -0.1) is 0 Å². The number of rotatable bonds is 6. The first-order valence-electron chi connectivity index (χ1n) is 10.8. The fraction of sp³-hybridized carbons (Fsp3) is 0.269. The van der Waals surface area contributed by atoms with Crippen molar-refractivity contribution in [1.82, 2.24) is 4.57 Å². The first-order valence-corrected chi connectivity index (χ1v) is 11.7. The summed E-state index contributed by atoms with van der Waals surface area (Å²) in [6.07, 6.45) is 1.80. The predicted molar refractivity (Wildman–Crippen MR) is 131 cm³/mol. The summed E-state index contributed by atoms with van der Waals surface area (Å²) in [5.74, 6) is 0.717. The minimum absolute atomic E-state index is 0.00803. The lowest BCUT2D eigenvalue weighted by Gasteiger charge is -2.24. The van der Waals surface area contributed by atoms with Crippen LogP contribution in [0.4, 0.5) is 0 Å². The van der Waals surface area contributed by atoms with Gasteiger partial charge in [-0.25, -0.2) is 9.79 Å². The van der Waals surface area contributed by atoms with Crippen molar-refractivity contribution in [2.75, 3.05) is 14.2 Å². The van der Waals surface area contributed by atoms with Crippen LogP contribution in [0, 0.1) is 0 Å². The highest BCUT2D eigenvalue weighted by Gasteiger charge is 2.32. The quantitative estimate of drug-likeness (QED) is 0.509. The van der Waals surface area contributed by atoms with E-state index in [0.717, 1.165) is 11.1 Å². The van der Waals surface area contributed by atoms with E-state index in [1.807, 2.05) is 62.4 Å². The maximum absolute atomic E-state index is 13.6. The number of nitrogens with zero attached hydrogens (tertiary/aromatic N) is 2. The number of ether oxygens (including phenoxy) is 3. The van der Waals surface area contributed by atoms with Gasteiger partial charge in [-0.05, 0) is 50.1 Å². The van der Waals surface area contributed by atoms with Gasteiger partial charge in [-0.1, -0.05) is 47.7 Å². The Kier molecular flexibility index (Phi) is 6.70. The van der Waals surface area contributed by atoms with Crippen LogP contribution in [0.3, 0.4) is 0 Å². The largest absolute Gasteiger partial charge is 0.493 e. The summed E-state index contributed by atoms with van der Waals surface area (Å²) in [6, 6.07) is 14.3. The van der Waals surface area contributed by atoms with E-state index in [0.29, 0.717) is 32.1 Å². The molecule has 2 heterocycles. The number of allylic oxidation sites excluding steroid dienone is 1. The Labute approximate surface area is 201 Å². The molecule has 8 heteroatoms. The van der Waals surface area contributed by atoms with Gasteiger partial charge < -0.3 is 14.2 Å². The highest BCUT2D eigenvalue weighted by atomic mass is 32.1. The van der Waals surface area contributed by atoms with E-state index in [1.165, 1.54) is 18.4 Å². The molecule has 1 aromatic heterocycles. The molecule has 0 radical (unpaired) electrons. The molecular formula is C26H26N2O5S. The second-order valence-corrected chi connectivity index (χ2v) is 9.07. The van der Waals surface area contributed by atoms with Gasteiger partial charge in [0.15, 0.2) is 16.3 Å². The molecule has 0 spiro atoms. The molecule has 7 nitrogen and oxygen atoms in total. The molecule has 1 unspecified atom stereocenters. The number of esters is 1. The van der Waals surface area contributed by atoms with Gasteiger partial charge in [0.2, 0.25) is 0 Å². The first-order chi connectivity index (χ1) is 16.3. The molecule has 1 aliphatic heterocycles. The van der Waals surface area contributed by atoms with E-state index in [1.54, 1.807) is 24.7 Å². The van der Waals surface area contributed by atoms with Crippen LogP contribution < -0.4 is 24.4 Å². The van der Waals surface area contributed by atoms with Crippen LogP contribution in [0.5, 0.6) is 11.5 Å². The molecule has 0 bridgehead atoms. The Bertz CT molecular complexity index is 1430. The smallest absolute Gasteiger partial charge is 0.338 e. The summed E-state index contributed by atoms with van der Waals surface area (Å²) in [5, 5.41) is 0. The van der Waals surface area contributed by atoms with Crippen molar-refractivity contribution in [3.8, 4) is 11.5 Å². The lowest BCUT2D eigenvalue weighted by Crippen LogP contribution is -2.39. The molecule has 0 amide bonds. The van der Waals surface area contributed by atoms with Crippen molar-refractivity contribution in [3.63, 3.8) is 0 Å². The van der Waals surface area contributed by atoms with Gasteiger partial charge in [-0.3, -0.25) is 9.36 Å². The zero-order valence-electron chi connectivity index (χ0n) is 19.7. The van der Waals surface area contributed by atoms with Gasteiger partial charge in [0.1, 0.15) is 0 Å². The second kappa shape index (κ2) is 9.69. The molecule has 0 saturated carbocycles. The Morgan fingerprint density at radius 1 is 1.12 bits per heavy atom. The SMILES string of the molecule is COC(=O)C1=C(C)N=c2sc(=Cc3ccc(OC(C)C)c(OC)c3)c(=O)n2C1c1ccccc1. The van der Waals surface area contributed by atoms with E-state index < -0.39 is 12.0 Å². The third-order valence-corrected chi connectivity index (χ3v) is 6.37. The number of benzene rings is 2. The van der Waals surface area contributed by atoms with E-state index in [-0.39, 0.29) is 11.7 Å². The standard InChI is InChI=1S/C26H26N2O5S/c1-15(2)33-19-12-11-17(13-20(19)31-4)14-21-24(29)28-23(18-9-7-6-8-10-18)22(25(30)32-5)16(3)27-26(28)34-21/h6-15,23H,1-5H3. The van der Waals surface area contributed by atoms with E-state index in [2.05, 4.69) is 4.99 Å². The third kappa shape index (κ3) is 4.41. The van der Waals surface area contributed by atoms with Crippen molar-refractivity contribution in [2.24, 2.45) is 4.99 Å². The Hall–Kier alpha value is -3.65. The summed E-state index contributed by atoms with van der Waals surface area (Å²) in [4.78, 5) is 31.4. The van der Waals surface area contributed by atoms with Crippen LogP contribution in [0.25, 0.3) is 6.08 Å². The molecule has 3 aromatic rings. The maximum Gasteiger partial charge on any atom is 0.338 e. The molecule has 0 saturated heterocycles. The van der Waals surface area contributed by atoms with Gasteiger partial charge in [-0.2, -0.15) is 0 Å². The van der Waals surface area contributed by atoms with Crippen molar-refractivity contribution in [1.29, 1.82) is 0 Å². The van der Waals surface area contributed by atoms with E-state index in [9.17, 15) is 9.59 Å². The first kappa shape index (κ1) is 23.5. The number of hydrogen-bond donors (Lipinski definition) is 0. The van der Waals surface area contributed by atoms with Crippen LogP contribution in [0.15, 0.2) is 69.6 Å². The molecular weight excluding hydrogens is 452 g/mol. The molecule has 0 N–H and O–H groups in total. The fourth-order valence-corrected chi connectivity index (χ4v) is 4.97. The lowest BCUT2D eigenvalue weighted by molar-refractivity contribution is -0.136. The fourth-order valence-electron chi connectivity index (χ4n) is 3.92. The molecule has 176 valence electrons. The zero-order chi connectivity index (χ0) is 24.4. The maximum atomic E-state index is 13.6. The Balaban J connectivity index is 1.88. The molecule has 0 fully saturated rings. The summed E-state index contributed by atoms with van der Waals surface area (Å²) in [5.41, 5.74) is 2.25. The monoisotopic (exact) mass is 478 g/mol. The van der Waals surface area contributed by atoms with Gasteiger partial charge in [0.05, 0.1) is 42.2 Å². The number of carbonyl (C=O) groups is 1. The van der Waals surface area contributed by atoms with Crippen LogP contribution in [-0.2, 0) is 9.53 Å². The van der Waals surface area contributed by atoms with Crippen molar-refractivity contribution >= 4 is 23.4 Å². The molecule has 1 atom stereocenters. The van der Waals surface area contributed by atoms with Gasteiger partial charge >= 0.3 is 5.97 Å². The zero-order valence-corrected chi connectivity index (χ0v) is 20.5. The molecule has 34 heavy (non-hydrogen) atoms. The average molecular weight is 479 g/mol. The summed E-state index contributed by atoms with van der Waals surface area (Å²) >= 11 is 1.28. The van der Waals surface area contributed by atoms with E-state index in [4.69, 9.17) is 14.2 Å². The van der Waals surface area contributed by atoms with Crippen LogP contribution in [-0.4, -0.2) is 30.9 Å². The molecule has 2 aromatic carbocycles. The normalized spacial score (nSPS) is 15.7. The minimum atomic E-state index is -0.622. The number of aromatic nitrogens is 1. The molecule has 0 aliphatic carbocycles. The number of fused-ring (bicyclic) bond motifs is 1. The summed E-state index contributed by atoms with van der Waals surface area (Å²) < 4.78 is 18.4. The Morgan fingerprint density at radius 2 is 1.85 bits per heavy atom.